The Morgan fingerprint density at radius 1 is 1.06 bits per heavy atom. The lowest BCUT2D eigenvalue weighted by atomic mass is 9.98. The number of nitrogens with zero attached hydrogens (tertiary/aromatic N) is 6. The number of hydrogen-bond acceptors (Lipinski definition) is 6. The zero-order valence-electron chi connectivity index (χ0n) is 18.6. The Bertz CT molecular complexity index is 1180. The van der Waals surface area contributed by atoms with Crippen LogP contribution in [0.1, 0.15) is 55.6 Å². The van der Waals surface area contributed by atoms with Crippen LogP contribution in [0.4, 0.5) is 0 Å². The number of H-pyrrole nitrogens is 1. The summed E-state index contributed by atoms with van der Waals surface area (Å²) in [6.07, 6.45) is 2.04. The lowest BCUT2D eigenvalue weighted by Gasteiger charge is -2.10. The molecule has 0 aliphatic rings. The molecular weight excluding hydrogens is 402 g/mol. The summed E-state index contributed by atoms with van der Waals surface area (Å²) in [7, 11) is 0. The zero-order valence-corrected chi connectivity index (χ0v) is 18.6. The van der Waals surface area contributed by atoms with Crippen LogP contribution < -0.4 is 0 Å². The molecule has 2 aromatic carbocycles. The van der Waals surface area contributed by atoms with Crippen molar-refractivity contribution in [3.63, 3.8) is 0 Å². The van der Waals surface area contributed by atoms with Gasteiger partial charge >= 0.3 is 0 Å². The third-order valence-corrected chi connectivity index (χ3v) is 5.18. The predicted octanol–water partition coefficient (Wildman–Crippen LogP) is 4.35. The fourth-order valence-electron chi connectivity index (χ4n) is 3.64. The summed E-state index contributed by atoms with van der Waals surface area (Å²) >= 11 is 0. The highest BCUT2D eigenvalue weighted by Crippen LogP contribution is 2.29. The SMILES string of the molecule is CCCC(=O)c1nc(CC(C)C)n(Cc2ccc(-c3ccccc3-c3nn[nH]n3)cc2)n1. The summed E-state index contributed by atoms with van der Waals surface area (Å²) in [6, 6.07) is 16.3. The van der Waals surface area contributed by atoms with Gasteiger partial charge in [-0.1, -0.05) is 69.3 Å². The highest BCUT2D eigenvalue weighted by molar-refractivity contribution is 5.92. The van der Waals surface area contributed by atoms with E-state index in [-0.39, 0.29) is 5.78 Å². The number of nitrogens with one attached hydrogen (secondary N) is 1. The third kappa shape index (κ3) is 4.80. The van der Waals surface area contributed by atoms with Crippen LogP contribution in [0.25, 0.3) is 22.5 Å². The second kappa shape index (κ2) is 9.64. The molecule has 0 unspecified atom stereocenters. The Kier molecular flexibility index (Phi) is 6.49. The molecule has 8 nitrogen and oxygen atoms in total. The molecule has 0 spiro atoms. The molecule has 4 aromatic rings. The Labute approximate surface area is 187 Å². The van der Waals surface area contributed by atoms with Crippen molar-refractivity contribution in [2.24, 2.45) is 5.92 Å². The number of aromatic amines is 1. The van der Waals surface area contributed by atoms with Crippen LogP contribution in [0.2, 0.25) is 0 Å². The number of tetrazole rings is 1. The minimum absolute atomic E-state index is 0.00433. The fraction of sp³-hybridized carbons (Fsp3) is 0.333. The van der Waals surface area contributed by atoms with E-state index in [1.165, 1.54) is 0 Å². The van der Waals surface area contributed by atoms with Crippen molar-refractivity contribution in [3.8, 4) is 22.5 Å². The second-order valence-electron chi connectivity index (χ2n) is 8.26. The molecule has 0 aliphatic heterocycles. The number of aromatic nitrogens is 7. The van der Waals surface area contributed by atoms with Gasteiger partial charge in [-0.2, -0.15) is 5.21 Å². The summed E-state index contributed by atoms with van der Waals surface area (Å²) in [5.41, 5.74) is 4.11. The molecule has 1 N–H and O–H groups in total. The maximum absolute atomic E-state index is 12.3. The van der Waals surface area contributed by atoms with Crippen LogP contribution in [0, 0.1) is 5.92 Å². The van der Waals surface area contributed by atoms with Gasteiger partial charge in [0.05, 0.1) is 6.54 Å². The van der Waals surface area contributed by atoms with E-state index in [2.05, 4.69) is 68.8 Å². The number of rotatable bonds is 9. The molecule has 0 radical (unpaired) electrons. The van der Waals surface area contributed by atoms with Crippen LogP contribution >= 0.6 is 0 Å². The lowest BCUT2D eigenvalue weighted by molar-refractivity contribution is 0.0971. The van der Waals surface area contributed by atoms with E-state index in [1.54, 1.807) is 0 Å². The molecule has 4 rings (SSSR count). The largest absolute Gasteiger partial charge is 0.291 e. The van der Waals surface area contributed by atoms with E-state index < -0.39 is 0 Å². The normalized spacial score (nSPS) is 11.2. The predicted molar refractivity (Wildman–Crippen MR) is 122 cm³/mol. The van der Waals surface area contributed by atoms with Crippen molar-refractivity contribution >= 4 is 5.78 Å². The van der Waals surface area contributed by atoms with Gasteiger partial charge in [-0.05, 0) is 34.2 Å². The monoisotopic (exact) mass is 429 g/mol. The van der Waals surface area contributed by atoms with Gasteiger partial charge in [-0.3, -0.25) is 4.79 Å². The molecule has 0 amide bonds. The maximum Gasteiger partial charge on any atom is 0.217 e. The van der Waals surface area contributed by atoms with E-state index in [1.807, 2.05) is 35.9 Å². The Balaban J connectivity index is 1.59. The van der Waals surface area contributed by atoms with E-state index in [0.29, 0.717) is 30.5 Å². The van der Waals surface area contributed by atoms with E-state index in [9.17, 15) is 4.79 Å². The minimum atomic E-state index is 0.00433. The molecular formula is C24H27N7O. The summed E-state index contributed by atoms with van der Waals surface area (Å²) in [5, 5.41) is 18.9. The number of ketones is 1. The molecule has 0 saturated carbocycles. The summed E-state index contributed by atoms with van der Waals surface area (Å²) < 4.78 is 1.87. The average Bonchev–Trinajstić information content (AvgIpc) is 3.45. The van der Waals surface area contributed by atoms with Gasteiger partial charge in [0.15, 0.2) is 0 Å². The van der Waals surface area contributed by atoms with Crippen molar-refractivity contribution in [3.05, 3.63) is 65.7 Å². The zero-order chi connectivity index (χ0) is 22.5. The smallest absolute Gasteiger partial charge is 0.217 e. The summed E-state index contributed by atoms with van der Waals surface area (Å²) in [4.78, 5) is 16.9. The molecule has 0 bridgehead atoms. The van der Waals surface area contributed by atoms with Crippen LogP contribution in [-0.4, -0.2) is 41.2 Å². The van der Waals surface area contributed by atoms with Gasteiger partial charge in [0.25, 0.3) is 0 Å². The topological polar surface area (TPSA) is 102 Å². The van der Waals surface area contributed by atoms with E-state index in [0.717, 1.165) is 40.9 Å². The first kappa shape index (κ1) is 21.5. The van der Waals surface area contributed by atoms with Crippen LogP contribution in [0.5, 0.6) is 0 Å². The van der Waals surface area contributed by atoms with Gasteiger partial charge in [0.2, 0.25) is 17.4 Å². The van der Waals surface area contributed by atoms with Crippen molar-refractivity contribution in [1.29, 1.82) is 0 Å². The third-order valence-electron chi connectivity index (χ3n) is 5.18. The van der Waals surface area contributed by atoms with Crippen molar-refractivity contribution < 1.29 is 4.79 Å². The fourth-order valence-corrected chi connectivity index (χ4v) is 3.64. The molecule has 2 heterocycles. The number of carbonyl (C=O) groups is 1. The Hall–Kier alpha value is -3.68. The van der Waals surface area contributed by atoms with Gasteiger partial charge in [0.1, 0.15) is 5.82 Å². The molecule has 0 fully saturated rings. The van der Waals surface area contributed by atoms with Gasteiger partial charge in [-0.25, -0.2) is 9.67 Å². The number of hydrogen-bond donors (Lipinski definition) is 1. The highest BCUT2D eigenvalue weighted by Gasteiger charge is 2.17. The quantitative estimate of drug-likeness (QED) is 0.397. The lowest BCUT2D eigenvalue weighted by Crippen LogP contribution is -2.09. The van der Waals surface area contributed by atoms with Crippen LogP contribution in [0.3, 0.4) is 0 Å². The van der Waals surface area contributed by atoms with Crippen molar-refractivity contribution in [2.45, 2.75) is 46.6 Å². The molecule has 164 valence electrons. The van der Waals surface area contributed by atoms with Gasteiger partial charge in [-0.15, -0.1) is 15.3 Å². The molecule has 32 heavy (non-hydrogen) atoms. The Morgan fingerprint density at radius 2 is 1.81 bits per heavy atom. The number of carbonyl (C=O) groups excluding carboxylic acids is 1. The first-order chi connectivity index (χ1) is 15.5. The standard InChI is InChI=1S/C24H27N7O/c1-4-7-21(32)24-25-22(14-16(2)3)31(28-24)15-17-10-12-18(13-11-17)19-8-5-6-9-20(19)23-26-29-30-27-23/h5-6,8-13,16H,4,7,14-15H2,1-3H3,(H,26,27,29,30). The van der Waals surface area contributed by atoms with Crippen LogP contribution in [0.15, 0.2) is 48.5 Å². The number of Topliss-reactive ketones (excluding diaryl/α,β-unsaturated/α-hetero) is 1. The van der Waals surface area contributed by atoms with Gasteiger partial charge < -0.3 is 0 Å². The summed E-state index contributed by atoms with van der Waals surface area (Å²) in [6.45, 7) is 6.84. The van der Waals surface area contributed by atoms with Crippen LogP contribution in [-0.2, 0) is 13.0 Å². The summed E-state index contributed by atoms with van der Waals surface area (Å²) in [5.74, 6) is 2.18. The van der Waals surface area contributed by atoms with E-state index in [4.69, 9.17) is 0 Å². The number of benzene rings is 2. The Morgan fingerprint density at radius 3 is 2.47 bits per heavy atom. The maximum atomic E-state index is 12.3. The highest BCUT2D eigenvalue weighted by atomic mass is 16.1. The molecule has 2 aromatic heterocycles. The first-order valence-corrected chi connectivity index (χ1v) is 10.9. The molecule has 8 heteroatoms. The average molecular weight is 430 g/mol. The molecule has 0 atom stereocenters. The minimum Gasteiger partial charge on any atom is -0.291 e. The van der Waals surface area contributed by atoms with Crippen molar-refractivity contribution in [2.75, 3.05) is 0 Å². The first-order valence-electron chi connectivity index (χ1n) is 10.9. The second-order valence-corrected chi connectivity index (χ2v) is 8.26. The molecule has 0 aliphatic carbocycles. The van der Waals surface area contributed by atoms with Gasteiger partial charge in [0, 0.05) is 18.4 Å². The van der Waals surface area contributed by atoms with Crippen molar-refractivity contribution in [1.82, 2.24) is 35.4 Å². The van der Waals surface area contributed by atoms with E-state index >= 15 is 0 Å². The molecule has 0 saturated heterocycles.